The van der Waals surface area contributed by atoms with Crippen molar-refractivity contribution in [3.8, 4) is 0 Å². The van der Waals surface area contributed by atoms with E-state index >= 15 is 0 Å². The van der Waals surface area contributed by atoms with Gasteiger partial charge in [0.1, 0.15) is 0 Å². The highest BCUT2D eigenvalue weighted by atomic mass is 19.3. The average molecular weight is 190 g/mol. The van der Waals surface area contributed by atoms with Crippen LogP contribution >= 0.6 is 0 Å². The predicted molar refractivity (Wildman–Crippen MR) is 42.5 cm³/mol. The lowest BCUT2D eigenvalue weighted by molar-refractivity contribution is -0.141. The molecule has 0 aromatic heterocycles. The van der Waals surface area contributed by atoms with E-state index in [-0.39, 0.29) is 6.04 Å². The number of fused-ring (bicyclic) bond motifs is 1. The van der Waals surface area contributed by atoms with Crippen molar-refractivity contribution in [2.45, 2.75) is 18.9 Å². The molecule has 2 fully saturated rings. The molecule has 2 heterocycles. The highest BCUT2D eigenvalue weighted by Gasteiger charge is 2.39. The van der Waals surface area contributed by atoms with E-state index in [2.05, 4.69) is 5.32 Å². The lowest BCUT2D eigenvalue weighted by Crippen LogP contribution is -2.37. The molecule has 0 aromatic carbocycles. The van der Waals surface area contributed by atoms with Crippen LogP contribution in [0.3, 0.4) is 0 Å². The molecule has 3 nitrogen and oxygen atoms in total. The average Bonchev–Trinajstić information content (AvgIpc) is 2.59. The highest BCUT2D eigenvalue weighted by molar-refractivity contribution is 5.79. The summed E-state index contributed by atoms with van der Waals surface area (Å²) in [6, 6.07) is 0.252. The Balaban J connectivity index is 1.95. The number of carbonyl (C=O) groups is 1. The summed E-state index contributed by atoms with van der Waals surface area (Å²) in [6.07, 6.45) is -1.85. The molecule has 0 aromatic rings. The van der Waals surface area contributed by atoms with E-state index < -0.39 is 12.3 Å². The van der Waals surface area contributed by atoms with Gasteiger partial charge in [-0.05, 0) is 18.9 Å². The number of carbonyl (C=O) groups excluding carboxylic acids is 1. The Labute approximate surface area is 75.1 Å². The Morgan fingerprint density at radius 2 is 2.23 bits per heavy atom. The number of nitrogens with one attached hydrogen (secondary N) is 1. The first-order chi connectivity index (χ1) is 6.18. The normalized spacial score (nSPS) is 32.7. The number of hydrogen-bond donors (Lipinski definition) is 1. The van der Waals surface area contributed by atoms with Crippen molar-refractivity contribution in [3.63, 3.8) is 0 Å². The summed E-state index contributed by atoms with van der Waals surface area (Å²) in [6.45, 7) is 1.90. The van der Waals surface area contributed by atoms with Crippen LogP contribution in [0.2, 0.25) is 0 Å². The zero-order valence-electron chi connectivity index (χ0n) is 7.17. The van der Waals surface area contributed by atoms with Crippen LogP contribution in [0.15, 0.2) is 0 Å². The van der Waals surface area contributed by atoms with Gasteiger partial charge in [0.25, 0.3) is 5.91 Å². The fraction of sp³-hybridized carbons (Fsp3) is 0.875. The van der Waals surface area contributed by atoms with Gasteiger partial charge in [-0.25, -0.2) is 0 Å². The second kappa shape index (κ2) is 3.21. The molecule has 2 atom stereocenters. The maximum Gasteiger partial charge on any atom is 0.315 e. The smallest absolute Gasteiger partial charge is 0.315 e. The van der Waals surface area contributed by atoms with E-state index in [1.807, 2.05) is 0 Å². The first kappa shape index (κ1) is 8.87. The SMILES string of the molecule is O=C(C(F)F)N1C[C@@H]2CCN[C@@H]2C1. The zero-order chi connectivity index (χ0) is 9.42. The third kappa shape index (κ3) is 1.52. The Bertz CT molecular complexity index is 210. The van der Waals surface area contributed by atoms with Gasteiger partial charge in [-0.3, -0.25) is 4.79 Å². The first-order valence-corrected chi connectivity index (χ1v) is 4.49. The molecule has 2 rings (SSSR count). The van der Waals surface area contributed by atoms with E-state index in [4.69, 9.17) is 0 Å². The summed E-state index contributed by atoms with van der Waals surface area (Å²) in [5, 5.41) is 3.20. The lowest BCUT2D eigenvalue weighted by atomic mass is 10.1. The van der Waals surface area contributed by atoms with Gasteiger partial charge in [-0.2, -0.15) is 8.78 Å². The second-order valence-electron chi connectivity index (χ2n) is 3.65. The Morgan fingerprint density at radius 1 is 1.46 bits per heavy atom. The number of alkyl halides is 2. The van der Waals surface area contributed by atoms with Crippen molar-refractivity contribution >= 4 is 5.91 Å². The fourth-order valence-corrected chi connectivity index (χ4v) is 2.17. The molecule has 0 bridgehead atoms. The lowest BCUT2D eigenvalue weighted by Gasteiger charge is -2.16. The first-order valence-electron chi connectivity index (χ1n) is 4.49. The number of hydrogen-bond acceptors (Lipinski definition) is 2. The summed E-state index contributed by atoms with van der Waals surface area (Å²) in [4.78, 5) is 12.2. The van der Waals surface area contributed by atoms with Crippen molar-refractivity contribution in [3.05, 3.63) is 0 Å². The van der Waals surface area contributed by atoms with Crippen molar-refractivity contribution in [2.75, 3.05) is 19.6 Å². The fourth-order valence-electron chi connectivity index (χ4n) is 2.17. The Morgan fingerprint density at radius 3 is 2.85 bits per heavy atom. The van der Waals surface area contributed by atoms with Crippen LogP contribution in [-0.2, 0) is 4.79 Å². The van der Waals surface area contributed by atoms with E-state index in [0.29, 0.717) is 19.0 Å². The van der Waals surface area contributed by atoms with Crippen LogP contribution in [0, 0.1) is 5.92 Å². The summed E-state index contributed by atoms with van der Waals surface area (Å²) in [5.41, 5.74) is 0. The van der Waals surface area contributed by atoms with Gasteiger partial charge in [0.2, 0.25) is 0 Å². The summed E-state index contributed by atoms with van der Waals surface area (Å²) in [7, 11) is 0. The minimum atomic E-state index is -2.85. The predicted octanol–water partition coefficient (Wildman–Crippen LogP) is 0.0718. The topological polar surface area (TPSA) is 32.3 Å². The zero-order valence-corrected chi connectivity index (χ0v) is 7.17. The van der Waals surface area contributed by atoms with Crippen LogP contribution in [-0.4, -0.2) is 42.9 Å². The molecule has 0 radical (unpaired) electrons. The van der Waals surface area contributed by atoms with Gasteiger partial charge in [0.15, 0.2) is 0 Å². The van der Waals surface area contributed by atoms with Crippen molar-refractivity contribution in [1.82, 2.24) is 10.2 Å². The summed E-state index contributed by atoms with van der Waals surface area (Å²) < 4.78 is 24.1. The minimum absolute atomic E-state index is 0.252. The number of likely N-dealkylation sites (tertiary alicyclic amines) is 1. The molecule has 13 heavy (non-hydrogen) atoms. The van der Waals surface area contributed by atoms with Gasteiger partial charge in [0.05, 0.1) is 0 Å². The van der Waals surface area contributed by atoms with E-state index in [9.17, 15) is 13.6 Å². The number of halogens is 2. The Kier molecular flexibility index (Phi) is 2.19. The maximum absolute atomic E-state index is 12.0. The van der Waals surface area contributed by atoms with Gasteiger partial charge < -0.3 is 10.2 Å². The van der Waals surface area contributed by atoms with Crippen LogP contribution < -0.4 is 5.32 Å². The molecular weight excluding hydrogens is 178 g/mol. The van der Waals surface area contributed by atoms with Gasteiger partial charge in [0, 0.05) is 19.1 Å². The number of nitrogens with zero attached hydrogens (tertiary/aromatic N) is 1. The monoisotopic (exact) mass is 190 g/mol. The van der Waals surface area contributed by atoms with Gasteiger partial charge in [-0.15, -0.1) is 0 Å². The molecule has 0 aliphatic carbocycles. The minimum Gasteiger partial charge on any atom is -0.336 e. The third-order valence-corrected chi connectivity index (χ3v) is 2.86. The molecule has 2 aliphatic rings. The van der Waals surface area contributed by atoms with E-state index in [0.717, 1.165) is 13.0 Å². The molecule has 2 aliphatic heterocycles. The summed E-state index contributed by atoms with van der Waals surface area (Å²) >= 11 is 0. The molecule has 74 valence electrons. The van der Waals surface area contributed by atoms with Crippen LogP contribution in [0.4, 0.5) is 8.78 Å². The number of rotatable bonds is 1. The van der Waals surface area contributed by atoms with Crippen LogP contribution in [0.1, 0.15) is 6.42 Å². The van der Waals surface area contributed by atoms with Crippen molar-refractivity contribution in [2.24, 2.45) is 5.92 Å². The third-order valence-electron chi connectivity index (χ3n) is 2.86. The summed E-state index contributed by atoms with van der Waals surface area (Å²) in [5.74, 6) is -0.626. The molecular formula is C8H12F2N2O. The van der Waals surface area contributed by atoms with Gasteiger partial charge >= 0.3 is 6.43 Å². The molecule has 1 amide bonds. The molecule has 1 N–H and O–H groups in total. The van der Waals surface area contributed by atoms with E-state index in [1.54, 1.807) is 0 Å². The molecule has 2 saturated heterocycles. The van der Waals surface area contributed by atoms with Gasteiger partial charge in [-0.1, -0.05) is 0 Å². The van der Waals surface area contributed by atoms with Crippen LogP contribution in [0.5, 0.6) is 0 Å². The quantitative estimate of drug-likeness (QED) is 0.634. The Hall–Kier alpha value is -0.710. The van der Waals surface area contributed by atoms with E-state index in [1.165, 1.54) is 4.90 Å². The standard InChI is InChI=1S/C8H12F2N2O/c9-7(10)8(13)12-3-5-1-2-11-6(5)4-12/h5-7,11H,1-4H2/t5-,6+/m0/s1. The molecule has 5 heteroatoms. The largest absolute Gasteiger partial charge is 0.336 e. The molecule has 0 spiro atoms. The van der Waals surface area contributed by atoms with Crippen LogP contribution in [0.25, 0.3) is 0 Å². The molecule has 0 unspecified atom stereocenters. The highest BCUT2D eigenvalue weighted by Crippen LogP contribution is 2.25. The number of amides is 1. The molecule has 0 saturated carbocycles. The maximum atomic E-state index is 12.0. The van der Waals surface area contributed by atoms with Crippen molar-refractivity contribution in [1.29, 1.82) is 0 Å². The van der Waals surface area contributed by atoms with Crippen molar-refractivity contribution < 1.29 is 13.6 Å². The second-order valence-corrected chi connectivity index (χ2v) is 3.65.